The van der Waals surface area contributed by atoms with Gasteiger partial charge in [-0.2, -0.15) is 0 Å². The molecule has 2 heteroatoms. The Balaban J connectivity index is 2.64. The molecule has 0 saturated heterocycles. The van der Waals surface area contributed by atoms with Crippen molar-refractivity contribution in [3.63, 3.8) is 0 Å². The van der Waals surface area contributed by atoms with Crippen molar-refractivity contribution in [3.05, 3.63) is 29.8 Å². The second-order valence-corrected chi connectivity index (χ2v) is 3.12. The molecule has 1 aromatic carbocycles. The Morgan fingerprint density at radius 3 is 2.69 bits per heavy atom. The van der Waals surface area contributed by atoms with Crippen LogP contribution in [0.3, 0.4) is 0 Å². The molecule has 0 unspecified atom stereocenters. The molecule has 0 bridgehead atoms. The van der Waals surface area contributed by atoms with Gasteiger partial charge in [0.15, 0.2) is 0 Å². The van der Waals surface area contributed by atoms with E-state index >= 15 is 0 Å². The van der Waals surface area contributed by atoms with Gasteiger partial charge < -0.3 is 9.84 Å². The van der Waals surface area contributed by atoms with E-state index in [1.165, 1.54) is 5.56 Å². The third-order valence-corrected chi connectivity index (χ3v) is 1.83. The zero-order chi connectivity index (χ0) is 9.68. The van der Waals surface area contributed by atoms with E-state index < -0.39 is 6.10 Å². The summed E-state index contributed by atoms with van der Waals surface area (Å²) >= 11 is 0. The maximum Gasteiger partial charge on any atom is 0.122 e. The largest absolute Gasteiger partial charge is 0.491 e. The number of benzene rings is 1. The molecular formula is C11H16O2. The Hall–Kier alpha value is -1.02. The molecule has 0 aromatic heterocycles. The maximum absolute atomic E-state index is 9.05. The average molecular weight is 180 g/mol. The van der Waals surface area contributed by atoms with E-state index in [4.69, 9.17) is 9.84 Å². The Morgan fingerprint density at radius 1 is 1.38 bits per heavy atom. The number of para-hydroxylation sites is 1. The Labute approximate surface area is 79.2 Å². The van der Waals surface area contributed by atoms with E-state index in [-0.39, 0.29) is 0 Å². The molecule has 1 rings (SSSR count). The molecule has 0 aliphatic rings. The lowest BCUT2D eigenvalue weighted by molar-refractivity contribution is 0.122. The zero-order valence-electron chi connectivity index (χ0n) is 8.16. The van der Waals surface area contributed by atoms with Crippen LogP contribution in [-0.4, -0.2) is 17.8 Å². The van der Waals surface area contributed by atoms with Crippen molar-refractivity contribution in [1.29, 1.82) is 0 Å². The molecule has 0 aliphatic heterocycles. The van der Waals surface area contributed by atoms with E-state index in [2.05, 4.69) is 6.92 Å². The number of aryl methyl sites for hydroxylation is 1. The fraction of sp³-hybridized carbons (Fsp3) is 0.455. The minimum Gasteiger partial charge on any atom is -0.491 e. The van der Waals surface area contributed by atoms with Crippen molar-refractivity contribution in [2.24, 2.45) is 0 Å². The quantitative estimate of drug-likeness (QED) is 0.768. The predicted octanol–water partition coefficient (Wildman–Crippen LogP) is 2.01. The summed E-state index contributed by atoms with van der Waals surface area (Å²) in [6.45, 7) is 4.16. The van der Waals surface area contributed by atoms with Crippen LogP contribution < -0.4 is 4.74 Å². The number of hydrogen-bond donors (Lipinski definition) is 1. The Kier molecular flexibility index (Phi) is 3.77. The second-order valence-electron chi connectivity index (χ2n) is 3.12. The molecular weight excluding hydrogens is 164 g/mol. The van der Waals surface area contributed by atoms with Gasteiger partial charge in [-0.3, -0.25) is 0 Å². The Morgan fingerprint density at radius 2 is 2.08 bits per heavy atom. The number of hydrogen-bond acceptors (Lipinski definition) is 2. The molecule has 13 heavy (non-hydrogen) atoms. The van der Waals surface area contributed by atoms with Crippen LogP contribution in [0.4, 0.5) is 0 Å². The van der Waals surface area contributed by atoms with Crippen molar-refractivity contribution in [2.75, 3.05) is 6.61 Å². The summed E-state index contributed by atoms with van der Waals surface area (Å²) in [5.74, 6) is 0.880. The highest BCUT2D eigenvalue weighted by molar-refractivity contribution is 5.33. The molecule has 1 atom stereocenters. The van der Waals surface area contributed by atoms with Crippen LogP contribution in [0, 0.1) is 0 Å². The van der Waals surface area contributed by atoms with Crippen LogP contribution in [0.25, 0.3) is 0 Å². The van der Waals surface area contributed by atoms with Crippen molar-refractivity contribution in [2.45, 2.75) is 26.4 Å². The van der Waals surface area contributed by atoms with Gasteiger partial charge in [-0.1, -0.05) is 25.1 Å². The van der Waals surface area contributed by atoms with E-state index in [0.717, 1.165) is 12.2 Å². The molecule has 1 N–H and O–H groups in total. The lowest BCUT2D eigenvalue weighted by Gasteiger charge is -2.11. The number of ether oxygens (including phenoxy) is 1. The molecule has 0 heterocycles. The minimum atomic E-state index is -0.412. The predicted molar refractivity (Wildman–Crippen MR) is 53.0 cm³/mol. The number of aliphatic hydroxyl groups excluding tert-OH is 1. The van der Waals surface area contributed by atoms with E-state index in [1.54, 1.807) is 6.92 Å². The van der Waals surface area contributed by atoms with Crippen LogP contribution in [0.1, 0.15) is 19.4 Å². The van der Waals surface area contributed by atoms with Gasteiger partial charge in [0, 0.05) is 0 Å². The van der Waals surface area contributed by atoms with Crippen LogP contribution in [-0.2, 0) is 6.42 Å². The standard InChI is InChI=1S/C11H16O2/c1-3-10-6-4-5-7-11(10)13-8-9(2)12/h4-7,9,12H,3,8H2,1-2H3/t9-/m0/s1. The molecule has 72 valence electrons. The molecule has 0 radical (unpaired) electrons. The summed E-state index contributed by atoms with van der Waals surface area (Å²) in [6, 6.07) is 7.91. The fourth-order valence-corrected chi connectivity index (χ4v) is 1.15. The third-order valence-electron chi connectivity index (χ3n) is 1.83. The third kappa shape index (κ3) is 3.07. The molecule has 0 aliphatic carbocycles. The summed E-state index contributed by atoms with van der Waals surface area (Å²) in [4.78, 5) is 0. The highest BCUT2D eigenvalue weighted by Crippen LogP contribution is 2.18. The summed E-state index contributed by atoms with van der Waals surface area (Å²) < 4.78 is 5.44. The van der Waals surface area contributed by atoms with Crippen molar-refractivity contribution in [1.82, 2.24) is 0 Å². The van der Waals surface area contributed by atoms with Crippen molar-refractivity contribution < 1.29 is 9.84 Å². The van der Waals surface area contributed by atoms with Gasteiger partial charge in [-0.25, -0.2) is 0 Å². The van der Waals surface area contributed by atoms with Gasteiger partial charge in [-0.05, 0) is 25.0 Å². The van der Waals surface area contributed by atoms with Gasteiger partial charge in [-0.15, -0.1) is 0 Å². The molecule has 0 spiro atoms. The van der Waals surface area contributed by atoms with Crippen molar-refractivity contribution >= 4 is 0 Å². The highest BCUT2D eigenvalue weighted by atomic mass is 16.5. The van der Waals surface area contributed by atoms with Gasteiger partial charge in [0.05, 0.1) is 6.10 Å². The molecule has 0 fully saturated rings. The lowest BCUT2D eigenvalue weighted by atomic mass is 10.1. The molecule has 1 aromatic rings. The number of aliphatic hydroxyl groups is 1. The second kappa shape index (κ2) is 4.87. The van der Waals surface area contributed by atoms with E-state index in [9.17, 15) is 0 Å². The first-order valence-corrected chi connectivity index (χ1v) is 4.62. The number of rotatable bonds is 4. The van der Waals surface area contributed by atoms with Crippen molar-refractivity contribution in [3.8, 4) is 5.75 Å². The summed E-state index contributed by atoms with van der Waals surface area (Å²) in [5.41, 5.74) is 1.18. The lowest BCUT2D eigenvalue weighted by Crippen LogP contribution is -2.13. The summed E-state index contributed by atoms with van der Waals surface area (Å²) in [6.07, 6.45) is 0.542. The molecule has 0 amide bonds. The highest BCUT2D eigenvalue weighted by Gasteiger charge is 2.01. The van der Waals surface area contributed by atoms with Gasteiger partial charge in [0.2, 0.25) is 0 Å². The summed E-state index contributed by atoms with van der Waals surface area (Å²) in [7, 11) is 0. The SMILES string of the molecule is CCc1ccccc1OC[C@H](C)O. The zero-order valence-corrected chi connectivity index (χ0v) is 8.16. The first kappa shape index (κ1) is 10.1. The minimum absolute atomic E-state index is 0.358. The van der Waals surface area contributed by atoms with Crippen LogP contribution in [0.15, 0.2) is 24.3 Å². The topological polar surface area (TPSA) is 29.5 Å². The Bertz CT molecular complexity index is 256. The molecule has 0 saturated carbocycles. The first-order chi connectivity index (χ1) is 6.24. The normalized spacial score (nSPS) is 12.5. The van der Waals surface area contributed by atoms with Crippen LogP contribution in [0.5, 0.6) is 5.75 Å². The van der Waals surface area contributed by atoms with Crippen LogP contribution in [0.2, 0.25) is 0 Å². The van der Waals surface area contributed by atoms with Gasteiger partial charge in [0.25, 0.3) is 0 Å². The fourth-order valence-electron chi connectivity index (χ4n) is 1.15. The summed E-state index contributed by atoms with van der Waals surface area (Å²) in [5, 5.41) is 9.05. The van der Waals surface area contributed by atoms with E-state index in [1.807, 2.05) is 24.3 Å². The monoisotopic (exact) mass is 180 g/mol. The van der Waals surface area contributed by atoms with E-state index in [0.29, 0.717) is 6.61 Å². The van der Waals surface area contributed by atoms with Gasteiger partial charge >= 0.3 is 0 Å². The maximum atomic E-state index is 9.05. The van der Waals surface area contributed by atoms with Crippen LogP contribution >= 0.6 is 0 Å². The average Bonchev–Trinajstić information content (AvgIpc) is 2.15. The first-order valence-electron chi connectivity index (χ1n) is 4.62. The molecule has 2 nitrogen and oxygen atoms in total. The van der Waals surface area contributed by atoms with Gasteiger partial charge in [0.1, 0.15) is 12.4 Å². The smallest absolute Gasteiger partial charge is 0.122 e.